The summed E-state index contributed by atoms with van der Waals surface area (Å²) >= 11 is 0. The van der Waals surface area contributed by atoms with E-state index in [0.29, 0.717) is 18.2 Å². The average Bonchev–Trinajstić information content (AvgIpc) is 3.12. The highest BCUT2D eigenvalue weighted by atomic mass is 32.2. The Kier molecular flexibility index (Phi) is 5.88. The van der Waals surface area contributed by atoms with E-state index < -0.39 is 10.0 Å². The van der Waals surface area contributed by atoms with E-state index in [9.17, 15) is 8.42 Å². The van der Waals surface area contributed by atoms with E-state index in [2.05, 4.69) is 14.9 Å². The maximum absolute atomic E-state index is 12.2. The summed E-state index contributed by atoms with van der Waals surface area (Å²) in [5.41, 5.74) is 2.50. The van der Waals surface area contributed by atoms with Gasteiger partial charge < -0.3 is 9.15 Å². The van der Waals surface area contributed by atoms with Gasteiger partial charge in [-0.05, 0) is 42.3 Å². The fraction of sp³-hybridized carbons (Fsp3) is 0.263. The summed E-state index contributed by atoms with van der Waals surface area (Å²) < 4.78 is 37.8. The highest BCUT2D eigenvalue weighted by Gasteiger charge is 2.14. The smallest absolute Gasteiger partial charge is 0.247 e. The number of sulfonamides is 1. The Bertz CT molecular complexity index is 998. The number of aryl methyl sites for hydroxylation is 1. The number of hydrogen-bond acceptors (Lipinski definition) is 6. The van der Waals surface area contributed by atoms with Crippen molar-refractivity contribution >= 4 is 10.0 Å². The van der Waals surface area contributed by atoms with Gasteiger partial charge in [-0.3, -0.25) is 0 Å². The Labute approximate surface area is 158 Å². The van der Waals surface area contributed by atoms with Crippen LogP contribution in [0.2, 0.25) is 0 Å². The monoisotopic (exact) mass is 387 g/mol. The SMILES string of the molecule is COc1ccc(-c2nnc(CCNS(=O)(=O)Cc3ccccc3C)o2)cc1. The lowest BCUT2D eigenvalue weighted by Gasteiger charge is -2.07. The number of methoxy groups -OCH3 is 1. The summed E-state index contributed by atoms with van der Waals surface area (Å²) in [4.78, 5) is 0. The van der Waals surface area contributed by atoms with Crippen LogP contribution in [0.15, 0.2) is 52.9 Å². The van der Waals surface area contributed by atoms with Crippen LogP contribution in [-0.2, 0) is 22.2 Å². The molecule has 0 fully saturated rings. The molecule has 1 heterocycles. The molecule has 0 radical (unpaired) electrons. The summed E-state index contributed by atoms with van der Waals surface area (Å²) in [6, 6.07) is 14.7. The Balaban J connectivity index is 1.56. The van der Waals surface area contributed by atoms with Crippen molar-refractivity contribution in [2.75, 3.05) is 13.7 Å². The van der Waals surface area contributed by atoms with Crippen LogP contribution in [-0.4, -0.2) is 32.3 Å². The van der Waals surface area contributed by atoms with Crippen molar-refractivity contribution in [1.29, 1.82) is 0 Å². The van der Waals surface area contributed by atoms with E-state index in [1.54, 1.807) is 19.2 Å². The molecule has 7 nitrogen and oxygen atoms in total. The number of hydrogen-bond donors (Lipinski definition) is 1. The van der Waals surface area contributed by atoms with Gasteiger partial charge in [-0.25, -0.2) is 13.1 Å². The van der Waals surface area contributed by atoms with Crippen molar-refractivity contribution in [2.45, 2.75) is 19.1 Å². The van der Waals surface area contributed by atoms with E-state index in [-0.39, 0.29) is 12.3 Å². The Morgan fingerprint density at radius 3 is 2.52 bits per heavy atom. The lowest BCUT2D eigenvalue weighted by atomic mass is 10.1. The number of aromatic nitrogens is 2. The standard InChI is InChI=1S/C19H21N3O4S/c1-14-5-3-4-6-16(14)13-27(23,24)20-12-11-18-21-22-19(26-18)15-7-9-17(25-2)10-8-15/h3-10,20H,11-13H2,1-2H3. The third-order valence-corrected chi connectivity index (χ3v) is 5.41. The number of nitrogens with one attached hydrogen (secondary N) is 1. The highest BCUT2D eigenvalue weighted by Crippen LogP contribution is 2.21. The minimum absolute atomic E-state index is 0.0550. The topological polar surface area (TPSA) is 94.3 Å². The quantitative estimate of drug-likeness (QED) is 0.639. The molecule has 3 rings (SSSR count). The predicted octanol–water partition coefficient (Wildman–Crippen LogP) is 2.72. The van der Waals surface area contributed by atoms with Crippen LogP contribution in [0.3, 0.4) is 0 Å². The lowest BCUT2D eigenvalue weighted by molar-refractivity contribution is 0.415. The fourth-order valence-electron chi connectivity index (χ4n) is 2.55. The zero-order valence-corrected chi connectivity index (χ0v) is 16.0. The minimum Gasteiger partial charge on any atom is -0.497 e. The van der Waals surface area contributed by atoms with Crippen molar-refractivity contribution in [1.82, 2.24) is 14.9 Å². The van der Waals surface area contributed by atoms with E-state index in [1.165, 1.54) is 0 Å². The van der Waals surface area contributed by atoms with E-state index in [0.717, 1.165) is 22.4 Å². The van der Waals surface area contributed by atoms with Crippen LogP contribution in [0.4, 0.5) is 0 Å². The van der Waals surface area contributed by atoms with Gasteiger partial charge in [0.25, 0.3) is 0 Å². The number of nitrogens with zero attached hydrogens (tertiary/aromatic N) is 2. The first-order chi connectivity index (χ1) is 13.0. The second-order valence-corrected chi connectivity index (χ2v) is 7.87. The number of benzene rings is 2. The summed E-state index contributed by atoms with van der Waals surface area (Å²) in [5.74, 6) is 1.44. The van der Waals surface area contributed by atoms with Gasteiger partial charge in [0.05, 0.1) is 12.9 Å². The van der Waals surface area contributed by atoms with Crippen molar-refractivity contribution in [3.8, 4) is 17.2 Å². The first-order valence-corrected chi connectivity index (χ1v) is 10.1. The lowest BCUT2D eigenvalue weighted by Crippen LogP contribution is -2.27. The van der Waals surface area contributed by atoms with E-state index >= 15 is 0 Å². The van der Waals surface area contributed by atoms with Gasteiger partial charge in [0.2, 0.25) is 21.8 Å². The van der Waals surface area contributed by atoms with Crippen molar-refractivity contribution in [2.24, 2.45) is 0 Å². The third kappa shape index (κ3) is 5.15. The molecule has 0 unspecified atom stereocenters. The molecule has 142 valence electrons. The van der Waals surface area contributed by atoms with Crippen LogP contribution < -0.4 is 9.46 Å². The molecule has 0 amide bonds. The molecule has 0 saturated heterocycles. The molecule has 3 aromatic rings. The zero-order chi connectivity index (χ0) is 19.3. The summed E-state index contributed by atoms with van der Waals surface area (Å²) in [7, 11) is -1.84. The molecule has 0 aliphatic heterocycles. The second-order valence-electron chi connectivity index (χ2n) is 6.06. The van der Waals surface area contributed by atoms with Crippen LogP contribution >= 0.6 is 0 Å². The molecule has 2 aromatic carbocycles. The van der Waals surface area contributed by atoms with Crippen LogP contribution in [0.5, 0.6) is 5.75 Å². The van der Waals surface area contributed by atoms with Crippen LogP contribution in [0.1, 0.15) is 17.0 Å². The maximum atomic E-state index is 12.2. The van der Waals surface area contributed by atoms with Crippen molar-refractivity contribution in [3.05, 3.63) is 65.5 Å². The zero-order valence-electron chi connectivity index (χ0n) is 15.2. The Morgan fingerprint density at radius 2 is 1.81 bits per heavy atom. The van der Waals surface area contributed by atoms with E-state index in [4.69, 9.17) is 9.15 Å². The molecule has 27 heavy (non-hydrogen) atoms. The van der Waals surface area contributed by atoms with Gasteiger partial charge in [0.1, 0.15) is 5.75 Å². The van der Waals surface area contributed by atoms with Gasteiger partial charge in [0.15, 0.2) is 0 Å². The molecule has 0 saturated carbocycles. The molecule has 0 aliphatic rings. The predicted molar refractivity (Wildman–Crippen MR) is 102 cm³/mol. The average molecular weight is 387 g/mol. The first-order valence-electron chi connectivity index (χ1n) is 8.45. The summed E-state index contributed by atoms with van der Waals surface area (Å²) in [6.45, 7) is 2.09. The molecule has 0 aliphatic carbocycles. The van der Waals surface area contributed by atoms with Gasteiger partial charge >= 0.3 is 0 Å². The summed E-state index contributed by atoms with van der Waals surface area (Å²) in [5, 5.41) is 7.97. The molecular formula is C19H21N3O4S. The fourth-order valence-corrected chi connectivity index (χ4v) is 3.79. The van der Waals surface area contributed by atoms with Crippen LogP contribution in [0.25, 0.3) is 11.5 Å². The Hall–Kier alpha value is -2.71. The minimum atomic E-state index is -3.43. The van der Waals surface area contributed by atoms with Gasteiger partial charge in [-0.15, -0.1) is 10.2 Å². The van der Waals surface area contributed by atoms with Crippen molar-refractivity contribution in [3.63, 3.8) is 0 Å². The van der Waals surface area contributed by atoms with Gasteiger partial charge in [-0.1, -0.05) is 24.3 Å². The first kappa shape index (κ1) is 19.1. The molecule has 0 atom stereocenters. The summed E-state index contributed by atoms with van der Waals surface area (Å²) in [6.07, 6.45) is 0.316. The molecule has 8 heteroatoms. The molecule has 0 bridgehead atoms. The largest absolute Gasteiger partial charge is 0.497 e. The van der Waals surface area contributed by atoms with Gasteiger partial charge in [0, 0.05) is 18.5 Å². The highest BCUT2D eigenvalue weighted by molar-refractivity contribution is 7.88. The molecule has 0 spiro atoms. The maximum Gasteiger partial charge on any atom is 0.247 e. The normalized spacial score (nSPS) is 11.5. The molecular weight excluding hydrogens is 366 g/mol. The van der Waals surface area contributed by atoms with Crippen LogP contribution in [0, 0.1) is 6.92 Å². The number of rotatable bonds is 8. The van der Waals surface area contributed by atoms with Gasteiger partial charge in [-0.2, -0.15) is 0 Å². The Morgan fingerprint density at radius 1 is 1.07 bits per heavy atom. The molecule has 1 aromatic heterocycles. The van der Waals surface area contributed by atoms with E-state index in [1.807, 2.05) is 43.3 Å². The van der Waals surface area contributed by atoms with Crippen molar-refractivity contribution < 1.29 is 17.6 Å². The second kappa shape index (κ2) is 8.32. The third-order valence-electron chi connectivity index (χ3n) is 4.07. The number of ether oxygens (including phenoxy) is 1. The molecule has 1 N–H and O–H groups in total.